The maximum atomic E-state index is 13.5. The molecule has 3 nitrogen and oxygen atoms in total. The third-order valence-corrected chi connectivity index (χ3v) is 4.08. The number of nitrogens with one attached hydrogen (secondary N) is 1. The molecule has 0 aliphatic carbocycles. The third-order valence-electron chi connectivity index (χ3n) is 2.96. The van der Waals surface area contributed by atoms with Crippen molar-refractivity contribution in [2.24, 2.45) is 0 Å². The topological polar surface area (TPSA) is 37.8 Å². The van der Waals surface area contributed by atoms with Gasteiger partial charge in [-0.15, -0.1) is 16.4 Å². The largest absolute Gasteiger partial charge is 0.378 e. The molecular weight excluding hydrogens is 261 g/mol. The zero-order valence-corrected chi connectivity index (χ0v) is 11.2. The van der Waals surface area contributed by atoms with Gasteiger partial charge in [-0.05, 0) is 23.9 Å². The number of aryl methyl sites for hydroxylation is 1. The Labute approximate surface area is 114 Å². The smallest absolute Gasteiger partial charge is 0.128 e. The number of anilines is 1. The second kappa shape index (κ2) is 4.93. The lowest BCUT2D eigenvalue weighted by atomic mass is 10.2. The minimum atomic E-state index is -0.199. The minimum Gasteiger partial charge on any atom is -0.378 e. The maximum Gasteiger partial charge on any atom is 0.128 e. The van der Waals surface area contributed by atoms with E-state index in [1.807, 2.05) is 18.4 Å². The number of nitrogens with zero attached hydrogens (tertiary/aromatic N) is 2. The Balaban J connectivity index is 1.88. The summed E-state index contributed by atoms with van der Waals surface area (Å²) in [4.78, 5) is 0. The van der Waals surface area contributed by atoms with Gasteiger partial charge in [0.15, 0.2) is 0 Å². The quantitative estimate of drug-likeness (QED) is 0.789. The zero-order chi connectivity index (χ0) is 13.2. The predicted molar refractivity (Wildman–Crippen MR) is 75.9 cm³/mol. The summed E-state index contributed by atoms with van der Waals surface area (Å²) in [5.41, 5.74) is 3.55. The molecule has 2 aromatic heterocycles. The molecular formula is C14H12FN3S. The fraction of sp³-hybridized carbons (Fsp3) is 0.143. The number of thiophene rings is 1. The number of rotatable bonds is 3. The van der Waals surface area contributed by atoms with Crippen LogP contribution in [0.5, 0.6) is 0 Å². The molecule has 0 aliphatic heterocycles. The molecule has 0 spiro atoms. The Bertz CT molecular complexity index is 724. The average Bonchev–Trinajstić information content (AvgIpc) is 2.81. The number of hydrogen-bond donors (Lipinski definition) is 1. The van der Waals surface area contributed by atoms with Crippen LogP contribution in [0.4, 0.5) is 10.1 Å². The van der Waals surface area contributed by atoms with E-state index in [-0.39, 0.29) is 5.82 Å². The molecule has 96 valence electrons. The molecule has 5 heteroatoms. The second-order valence-corrected chi connectivity index (χ2v) is 5.18. The highest BCUT2D eigenvalue weighted by Crippen LogP contribution is 2.29. The fourth-order valence-corrected chi connectivity index (χ4v) is 2.89. The van der Waals surface area contributed by atoms with Crippen molar-refractivity contribution in [2.75, 3.05) is 5.32 Å². The molecule has 19 heavy (non-hydrogen) atoms. The van der Waals surface area contributed by atoms with E-state index in [0.717, 1.165) is 21.5 Å². The van der Waals surface area contributed by atoms with Crippen LogP contribution in [0.25, 0.3) is 10.2 Å². The van der Waals surface area contributed by atoms with E-state index in [2.05, 4.69) is 15.5 Å². The van der Waals surface area contributed by atoms with Crippen LogP contribution >= 0.6 is 11.3 Å². The Hall–Kier alpha value is -2.01. The molecule has 0 amide bonds. The third kappa shape index (κ3) is 2.29. The van der Waals surface area contributed by atoms with Crippen molar-refractivity contribution in [3.8, 4) is 0 Å². The first-order valence-corrected chi connectivity index (χ1v) is 6.80. The van der Waals surface area contributed by atoms with Gasteiger partial charge in [0, 0.05) is 12.1 Å². The Morgan fingerprint density at radius 3 is 3.00 bits per heavy atom. The molecule has 0 saturated carbocycles. The lowest BCUT2D eigenvalue weighted by Crippen LogP contribution is -2.02. The van der Waals surface area contributed by atoms with Gasteiger partial charge in [0.1, 0.15) is 11.3 Å². The van der Waals surface area contributed by atoms with Crippen LogP contribution in [0, 0.1) is 12.7 Å². The molecule has 2 heterocycles. The van der Waals surface area contributed by atoms with E-state index in [9.17, 15) is 4.39 Å². The van der Waals surface area contributed by atoms with Crippen molar-refractivity contribution < 1.29 is 4.39 Å². The number of halogens is 1. The van der Waals surface area contributed by atoms with Gasteiger partial charge >= 0.3 is 0 Å². The molecule has 0 fully saturated rings. The van der Waals surface area contributed by atoms with Crippen molar-refractivity contribution in [2.45, 2.75) is 13.5 Å². The Morgan fingerprint density at radius 2 is 2.16 bits per heavy atom. The van der Waals surface area contributed by atoms with Crippen molar-refractivity contribution in [1.82, 2.24) is 10.2 Å². The van der Waals surface area contributed by atoms with Crippen LogP contribution in [0.1, 0.15) is 11.1 Å². The molecule has 3 aromatic rings. The molecule has 0 bridgehead atoms. The van der Waals surface area contributed by atoms with E-state index in [1.165, 1.54) is 6.07 Å². The summed E-state index contributed by atoms with van der Waals surface area (Å²) in [5, 5.41) is 13.4. The van der Waals surface area contributed by atoms with Gasteiger partial charge in [-0.2, -0.15) is 5.10 Å². The van der Waals surface area contributed by atoms with Crippen LogP contribution in [0.3, 0.4) is 0 Å². The van der Waals surface area contributed by atoms with Gasteiger partial charge in [-0.1, -0.05) is 18.2 Å². The first-order valence-electron chi connectivity index (χ1n) is 5.92. The molecule has 0 atom stereocenters. The van der Waals surface area contributed by atoms with Gasteiger partial charge in [0.2, 0.25) is 0 Å². The van der Waals surface area contributed by atoms with Gasteiger partial charge in [-0.3, -0.25) is 0 Å². The van der Waals surface area contributed by atoms with E-state index in [0.29, 0.717) is 12.1 Å². The molecule has 0 unspecified atom stereocenters. The highest BCUT2D eigenvalue weighted by atomic mass is 32.1. The van der Waals surface area contributed by atoms with E-state index in [1.54, 1.807) is 29.7 Å². The number of hydrogen-bond acceptors (Lipinski definition) is 4. The highest BCUT2D eigenvalue weighted by molar-refractivity contribution is 7.18. The summed E-state index contributed by atoms with van der Waals surface area (Å²) >= 11 is 1.62. The lowest BCUT2D eigenvalue weighted by molar-refractivity contribution is 0.613. The number of benzene rings is 1. The Morgan fingerprint density at radius 1 is 1.32 bits per heavy atom. The molecule has 1 N–H and O–H groups in total. The van der Waals surface area contributed by atoms with E-state index in [4.69, 9.17) is 0 Å². The van der Waals surface area contributed by atoms with Crippen molar-refractivity contribution in [1.29, 1.82) is 0 Å². The summed E-state index contributed by atoms with van der Waals surface area (Å²) in [6.45, 7) is 2.44. The summed E-state index contributed by atoms with van der Waals surface area (Å²) in [7, 11) is 0. The second-order valence-electron chi connectivity index (χ2n) is 4.30. The first kappa shape index (κ1) is 12.0. The van der Waals surface area contributed by atoms with Crippen molar-refractivity contribution in [3.63, 3.8) is 0 Å². The standard InChI is InChI=1S/C14H12FN3S/c1-9-8-19-14-12(7-17-18-13(9)14)16-6-10-4-2-3-5-11(10)15/h2-5,7-8H,6H2,1H3,(H,16,18). The molecule has 0 radical (unpaired) electrons. The highest BCUT2D eigenvalue weighted by Gasteiger charge is 2.08. The number of fused-ring (bicyclic) bond motifs is 1. The zero-order valence-electron chi connectivity index (χ0n) is 10.4. The number of aromatic nitrogens is 2. The van der Waals surface area contributed by atoms with Crippen molar-refractivity contribution >= 4 is 27.2 Å². The Kier molecular flexibility index (Phi) is 3.13. The van der Waals surface area contributed by atoms with Crippen LogP contribution in [0.2, 0.25) is 0 Å². The van der Waals surface area contributed by atoms with E-state index >= 15 is 0 Å². The summed E-state index contributed by atoms with van der Waals surface area (Å²) in [6.07, 6.45) is 1.68. The van der Waals surface area contributed by atoms with Crippen LogP contribution in [-0.4, -0.2) is 10.2 Å². The summed E-state index contributed by atoms with van der Waals surface area (Å²) < 4.78 is 14.6. The first-order chi connectivity index (χ1) is 9.25. The molecule has 3 rings (SSSR count). The predicted octanol–water partition coefficient (Wildman–Crippen LogP) is 3.75. The lowest BCUT2D eigenvalue weighted by Gasteiger charge is -2.07. The monoisotopic (exact) mass is 273 g/mol. The van der Waals surface area contributed by atoms with Gasteiger partial charge < -0.3 is 5.32 Å². The minimum absolute atomic E-state index is 0.199. The average molecular weight is 273 g/mol. The molecule has 0 saturated heterocycles. The molecule has 0 aliphatic rings. The van der Waals surface area contributed by atoms with Gasteiger partial charge in [0.05, 0.1) is 16.6 Å². The maximum absolute atomic E-state index is 13.5. The van der Waals surface area contributed by atoms with E-state index < -0.39 is 0 Å². The SMILES string of the molecule is Cc1csc2c(NCc3ccccc3F)cnnc12. The van der Waals surface area contributed by atoms with Crippen LogP contribution < -0.4 is 5.32 Å². The van der Waals surface area contributed by atoms with Gasteiger partial charge in [-0.25, -0.2) is 4.39 Å². The summed E-state index contributed by atoms with van der Waals surface area (Å²) in [6, 6.07) is 6.75. The van der Waals surface area contributed by atoms with Gasteiger partial charge in [0.25, 0.3) is 0 Å². The van der Waals surface area contributed by atoms with Crippen LogP contribution in [0.15, 0.2) is 35.8 Å². The normalized spacial score (nSPS) is 10.8. The molecule has 1 aromatic carbocycles. The fourth-order valence-electron chi connectivity index (χ4n) is 1.91. The summed E-state index contributed by atoms with van der Waals surface area (Å²) in [5.74, 6) is -0.199. The van der Waals surface area contributed by atoms with Crippen molar-refractivity contribution in [3.05, 3.63) is 52.8 Å². The van der Waals surface area contributed by atoms with Crippen LogP contribution in [-0.2, 0) is 6.54 Å².